The highest BCUT2D eigenvalue weighted by atomic mass is 32.2. The fraction of sp³-hybridized carbons (Fsp3) is 0.615. The molecule has 0 aliphatic carbocycles. The van der Waals surface area contributed by atoms with Gasteiger partial charge in [-0.1, -0.05) is 6.07 Å². The van der Waals surface area contributed by atoms with Gasteiger partial charge in [-0.15, -0.1) is 0 Å². The molecular formula is C13H22N2O2S. The number of nitrogens with zero attached hydrogens (tertiary/aromatic N) is 1. The van der Waals surface area contributed by atoms with E-state index in [-0.39, 0.29) is 5.75 Å². The van der Waals surface area contributed by atoms with E-state index < -0.39 is 14.6 Å². The first kappa shape index (κ1) is 15.1. The minimum atomic E-state index is -3.02. The Kier molecular flexibility index (Phi) is 5.28. The minimum Gasteiger partial charge on any atom is -0.315 e. The lowest BCUT2D eigenvalue weighted by molar-refractivity contribution is 0.556. The fourth-order valence-electron chi connectivity index (χ4n) is 1.40. The highest BCUT2D eigenvalue weighted by Gasteiger charge is 2.27. The summed E-state index contributed by atoms with van der Waals surface area (Å²) in [6, 6.07) is 5.80. The van der Waals surface area contributed by atoms with E-state index in [0.29, 0.717) is 6.54 Å². The van der Waals surface area contributed by atoms with Crippen molar-refractivity contribution in [3.8, 4) is 0 Å². The van der Waals surface area contributed by atoms with Crippen LogP contribution >= 0.6 is 0 Å². The second kappa shape index (κ2) is 6.29. The van der Waals surface area contributed by atoms with Crippen LogP contribution in [-0.4, -0.2) is 37.0 Å². The molecule has 0 saturated carbocycles. The number of nitrogens with one attached hydrogen (secondary N) is 1. The van der Waals surface area contributed by atoms with Gasteiger partial charge in [-0.05, 0) is 32.9 Å². The number of rotatable bonds is 6. The van der Waals surface area contributed by atoms with Gasteiger partial charge in [0.15, 0.2) is 9.84 Å². The van der Waals surface area contributed by atoms with Crippen molar-refractivity contribution in [2.45, 2.75) is 31.9 Å². The molecular weight excluding hydrogens is 248 g/mol. The fourth-order valence-corrected chi connectivity index (χ4v) is 2.43. The Morgan fingerprint density at radius 1 is 1.22 bits per heavy atom. The summed E-state index contributed by atoms with van der Waals surface area (Å²) in [6.45, 7) is 6.44. The predicted molar refractivity (Wildman–Crippen MR) is 74.4 cm³/mol. The average molecular weight is 270 g/mol. The molecule has 0 unspecified atom stereocenters. The van der Waals surface area contributed by atoms with E-state index in [9.17, 15) is 8.42 Å². The van der Waals surface area contributed by atoms with Gasteiger partial charge >= 0.3 is 0 Å². The van der Waals surface area contributed by atoms with Crippen LogP contribution in [0, 0.1) is 0 Å². The maximum Gasteiger partial charge on any atom is 0.156 e. The summed E-state index contributed by atoms with van der Waals surface area (Å²) in [5.41, 5.74) is 1.02. The normalized spacial score (nSPS) is 12.6. The van der Waals surface area contributed by atoms with Gasteiger partial charge in [0.25, 0.3) is 0 Å². The number of pyridine rings is 1. The van der Waals surface area contributed by atoms with Crippen LogP contribution in [0.25, 0.3) is 0 Å². The van der Waals surface area contributed by atoms with Crippen LogP contribution in [0.1, 0.15) is 26.5 Å². The monoisotopic (exact) mass is 270 g/mol. The number of aromatic nitrogens is 1. The molecule has 0 aliphatic rings. The van der Waals surface area contributed by atoms with Crippen molar-refractivity contribution in [3.63, 3.8) is 0 Å². The molecule has 1 aromatic heterocycles. The Labute approximate surface area is 110 Å². The predicted octanol–water partition coefficient (Wildman–Crippen LogP) is 1.43. The molecule has 1 aromatic rings. The molecule has 102 valence electrons. The van der Waals surface area contributed by atoms with Crippen LogP contribution in [0.15, 0.2) is 24.4 Å². The first-order valence-electron chi connectivity index (χ1n) is 6.16. The Balaban J connectivity index is 2.24. The maximum atomic E-state index is 11.8. The van der Waals surface area contributed by atoms with E-state index in [1.807, 2.05) is 18.2 Å². The maximum absolute atomic E-state index is 11.8. The third kappa shape index (κ3) is 4.74. The summed E-state index contributed by atoms with van der Waals surface area (Å²) >= 11 is 0. The second-order valence-electron chi connectivity index (χ2n) is 5.25. The quantitative estimate of drug-likeness (QED) is 0.794. The Hall–Kier alpha value is -0.940. The zero-order chi connectivity index (χ0) is 13.6. The number of hydrogen-bond donors (Lipinski definition) is 1. The van der Waals surface area contributed by atoms with Crippen molar-refractivity contribution in [2.75, 3.05) is 18.8 Å². The van der Waals surface area contributed by atoms with E-state index >= 15 is 0 Å². The SMILES string of the molecule is CC(C)(C)S(=O)(=O)CCNCCc1ccccn1. The summed E-state index contributed by atoms with van der Waals surface area (Å²) in [5.74, 6) is 0.179. The average Bonchev–Trinajstić information content (AvgIpc) is 2.28. The first-order chi connectivity index (χ1) is 8.33. The molecule has 0 bridgehead atoms. The van der Waals surface area contributed by atoms with Crippen LogP contribution in [0.5, 0.6) is 0 Å². The third-order valence-electron chi connectivity index (χ3n) is 2.76. The van der Waals surface area contributed by atoms with Crippen molar-refractivity contribution in [3.05, 3.63) is 30.1 Å². The van der Waals surface area contributed by atoms with Crippen LogP contribution in [0.3, 0.4) is 0 Å². The number of hydrogen-bond acceptors (Lipinski definition) is 4. The molecule has 4 nitrogen and oxygen atoms in total. The lowest BCUT2D eigenvalue weighted by Gasteiger charge is -2.19. The Morgan fingerprint density at radius 2 is 1.94 bits per heavy atom. The van der Waals surface area contributed by atoms with Crippen molar-refractivity contribution in [1.29, 1.82) is 0 Å². The molecule has 1 N–H and O–H groups in total. The largest absolute Gasteiger partial charge is 0.315 e. The van der Waals surface area contributed by atoms with Crippen molar-refractivity contribution >= 4 is 9.84 Å². The van der Waals surface area contributed by atoms with Gasteiger partial charge in [-0.3, -0.25) is 4.98 Å². The lowest BCUT2D eigenvalue weighted by Crippen LogP contribution is -2.35. The Bertz CT molecular complexity index is 450. The summed E-state index contributed by atoms with van der Waals surface area (Å²) in [4.78, 5) is 4.21. The summed E-state index contributed by atoms with van der Waals surface area (Å²) in [6.07, 6.45) is 2.58. The van der Waals surface area contributed by atoms with Gasteiger partial charge in [-0.2, -0.15) is 0 Å². The molecule has 0 radical (unpaired) electrons. The summed E-state index contributed by atoms with van der Waals surface area (Å²) < 4.78 is 23.0. The van der Waals surface area contributed by atoms with Crippen LogP contribution < -0.4 is 5.32 Å². The Morgan fingerprint density at radius 3 is 2.50 bits per heavy atom. The summed E-state index contributed by atoms with van der Waals surface area (Å²) in [5, 5.41) is 3.14. The first-order valence-corrected chi connectivity index (χ1v) is 7.81. The molecule has 0 atom stereocenters. The molecule has 0 aliphatic heterocycles. The molecule has 18 heavy (non-hydrogen) atoms. The van der Waals surface area contributed by atoms with E-state index in [0.717, 1.165) is 18.7 Å². The number of sulfone groups is 1. The van der Waals surface area contributed by atoms with Gasteiger partial charge in [0.2, 0.25) is 0 Å². The summed E-state index contributed by atoms with van der Waals surface area (Å²) in [7, 11) is -3.02. The lowest BCUT2D eigenvalue weighted by atomic mass is 10.3. The van der Waals surface area contributed by atoms with Gasteiger partial charge in [0.05, 0.1) is 10.5 Å². The standard InChI is InChI=1S/C13H22N2O2S/c1-13(2,3)18(16,17)11-10-14-9-7-12-6-4-5-8-15-12/h4-6,8,14H,7,9-11H2,1-3H3. The zero-order valence-corrected chi connectivity index (χ0v) is 12.1. The van der Waals surface area contributed by atoms with Crippen molar-refractivity contribution in [1.82, 2.24) is 10.3 Å². The molecule has 1 rings (SSSR count). The molecule has 1 heterocycles. The van der Waals surface area contributed by atoms with Gasteiger partial charge in [0.1, 0.15) is 0 Å². The third-order valence-corrected chi connectivity index (χ3v) is 5.37. The van der Waals surface area contributed by atoms with Crippen molar-refractivity contribution in [2.24, 2.45) is 0 Å². The van der Waals surface area contributed by atoms with E-state index in [1.54, 1.807) is 27.0 Å². The van der Waals surface area contributed by atoms with E-state index in [1.165, 1.54) is 0 Å². The van der Waals surface area contributed by atoms with Gasteiger partial charge in [0, 0.05) is 31.4 Å². The minimum absolute atomic E-state index is 0.179. The zero-order valence-electron chi connectivity index (χ0n) is 11.3. The van der Waals surface area contributed by atoms with Gasteiger partial charge < -0.3 is 5.32 Å². The molecule has 5 heteroatoms. The van der Waals surface area contributed by atoms with Gasteiger partial charge in [-0.25, -0.2) is 8.42 Å². The molecule has 0 spiro atoms. The van der Waals surface area contributed by atoms with Crippen LogP contribution in [0.2, 0.25) is 0 Å². The second-order valence-corrected chi connectivity index (χ2v) is 8.11. The van der Waals surface area contributed by atoms with E-state index in [4.69, 9.17) is 0 Å². The van der Waals surface area contributed by atoms with Crippen LogP contribution in [-0.2, 0) is 16.3 Å². The topological polar surface area (TPSA) is 59.1 Å². The smallest absolute Gasteiger partial charge is 0.156 e. The van der Waals surface area contributed by atoms with E-state index in [2.05, 4.69) is 10.3 Å². The molecule has 0 fully saturated rings. The highest BCUT2D eigenvalue weighted by Crippen LogP contribution is 2.15. The van der Waals surface area contributed by atoms with Crippen LogP contribution in [0.4, 0.5) is 0 Å². The molecule has 0 amide bonds. The molecule has 0 saturated heterocycles. The van der Waals surface area contributed by atoms with Crippen molar-refractivity contribution < 1.29 is 8.42 Å². The highest BCUT2D eigenvalue weighted by molar-refractivity contribution is 7.92. The molecule has 0 aromatic carbocycles.